The van der Waals surface area contributed by atoms with Gasteiger partial charge in [0, 0.05) is 44.4 Å². The molecule has 0 spiro atoms. The van der Waals surface area contributed by atoms with E-state index in [0.717, 1.165) is 36.3 Å². The predicted octanol–water partition coefficient (Wildman–Crippen LogP) is 3.68. The van der Waals surface area contributed by atoms with Crippen molar-refractivity contribution in [3.05, 3.63) is 102 Å². The van der Waals surface area contributed by atoms with Gasteiger partial charge >= 0.3 is 0 Å². The van der Waals surface area contributed by atoms with Crippen LogP contribution in [0.5, 0.6) is 0 Å². The molecular weight excluding hydrogens is 500 g/mol. The van der Waals surface area contributed by atoms with Gasteiger partial charge in [0.05, 0.1) is 19.7 Å². The van der Waals surface area contributed by atoms with Crippen molar-refractivity contribution < 1.29 is 14.7 Å². The van der Waals surface area contributed by atoms with Gasteiger partial charge in [0.25, 0.3) is 0 Å². The second kappa shape index (κ2) is 15.2. The zero-order valence-corrected chi connectivity index (χ0v) is 23.5. The Hall–Kier alpha value is -3.67. The molecule has 1 aliphatic heterocycles. The van der Waals surface area contributed by atoms with Crippen molar-refractivity contribution in [2.45, 2.75) is 38.1 Å². The van der Waals surface area contributed by atoms with E-state index in [0.29, 0.717) is 26.1 Å². The van der Waals surface area contributed by atoms with Crippen molar-refractivity contribution in [3.63, 3.8) is 0 Å². The van der Waals surface area contributed by atoms with Crippen LogP contribution < -0.4 is 10.2 Å². The zero-order valence-electron chi connectivity index (χ0n) is 23.5. The molecule has 40 heavy (non-hydrogen) atoms. The molecule has 7 heteroatoms. The van der Waals surface area contributed by atoms with Gasteiger partial charge in [-0.1, -0.05) is 72.5 Å². The Kier molecular flexibility index (Phi) is 11.1. The van der Waals surface area contributed by atoms with Crippen LogP contribution in [0.15, 0.2) is 84.9 Å². The summed E-state index contributed by atoms with van der Waals surface area (Å²) >= 11 is 0. The first-order valence-electron chi connectivity index (χ1n) is 13.9. The van der Waals surface area contributed by atoms with Crippen LogP contribution in [-0.2, 0) is 22.7 Å². The van der Waals surface area contributed by atoms with E-state index in [1.165, 1.54) is 5.56 Å². The highest BCUT2D eigenvalue weighted by Gasteiger charge is 2.37. The van der Waals surface area contributed by atoms with Crippen LogP contribution in [-0.4, -0.2) is 73.5 Å². The maximum Gasteiger partial charge on any atom is 0.239 e. The van der Waals surface area contributed by atoms with Crippen LogP contribution in [0.25, 0.3) is 0 Å². The van der Waals surface area contributed by atoms with Gasteiger partial charge in [-0.05, 0) is 48.9 Å². The number of anilines is 1. The lowest BCUT2D eigenvalue weighted by molar-refractivity contribution is -0.181. The monoisotopic (exact) mass is 540 g/mol. The standard InChI is InChI=1S/C33H40N4O3/c1-35(24-28-12-5-3-6-13-28)20-10-16-27-14-9-15-29(22-27)25-37-32(23-31(26-38)40-37)33(39)34-19-11-21-36(2)30-17-7-4-8-18-30/h3-9,12-15,17-18,22,31-32,38H,11,19-21,23-26H2,1-2H3,(H,34,39)/t31-,32+/m0/s1. The molecule has 1 saturated heterocycles. The first-order valence-corrected chi connectivity index (χ1v) is 13.9. The summed E-state index contributed by atoms with van der Waals surface area (Å²) in [6, 6.07) is 28.1. The maximum absolute atomic E-state index is 13.1. The number of aliphatic hydroxyl groups is 1. The van der Waals surface area contributed by atoms with E-state index in [4.69, 9.17) is 4.84 Å². The Morgan fingerprint density at radius 1 is 1.02 bits per heavy atom. The fourth-order valence-electron chi connectivity index (χ4n) is 4.78. The molecule has 4 rings (SSSR count). The lowest BCUT2D eigenvalue weighted by Gasteiger charge is -2.23. The number of rotatable bonds is 12. The normalized spacial score (nSPS) is 16.9. The fraction of sp³-hybridized carbons (Fsp3) is 0.364. The number of amides is 1. The molecule has 2 atom stereocenters. The SMILES string of the molecule is CN(CC#Cc1cccc(CN2O[C@H](CO)C[C@@H]2C(=O)NCCCN(C)c2ccccc2)c1)Cc1ccccc1. The molecule has 1 amide bonds. The summed E-state index contributed by atoms with van der Waals surface area (Å²) in [5, 5.41) is 14.5. The Morgan fingerprint density at radius 2 is 1.75 bits per heavy atom. The van der Waals surface area contributed by atoms with E-state index >= 15 is 0 Å². The van der Waals surface area contributed by atoms with Crippen LogP contribution in [0.2, 0.25) is 0 Å². The molecule has 0 aliphatic carbocycles. The molecule has 0 saturated carbocycles. The van der Waals surface area contributed by atoms with Crippen LogP contribution >= 0.6 is 0 Å². The summed E-state index contributed by atoms with van der Waals surface area (Å²) in [6.45, 7) is 3.24. The van der Waals surface area contributed by atoms with E-state index in [9.17, 15) is 9.90 Å². The number of benzene rings is 3. The Labute approximate surface area is 238 Å². The van der Waals surface area contributed by atoms with Crippen molar-refractivity contribution in [1.82, 2.24) is 15.3 Å². The molecule has 1 fully saturated rings. The number of nitrogens with zero attached hydrogens (tertiary/aromatic N) is 3. The number of carbonyl (C=O) groups is 1. The third kappa shape index (κ3) is 8.94. The molecule has 1 aliphatic rings. The van der Waals surface area contributed by atoms with E-state index in [2.05, 4.69) is 65.3 Å². The molecule has 2 N–H and O–H groups in total. The third-order valence-corrected chi connectivity index (χ3v) is 6.93. The highest BCUT2D eigenvalue weighted by molar-refractivity contribution is 5.81. The summed E-state index contributed by atoms with van der Waals surface area (Å²) in [5.74, 6) is 6.45. The molecule has 3 aromatic carbocycles. The molecule has 7 nitrogen and oxygen atoms in total. The molecule has 0 aromatic heterocycles. The first kappa shape index (κ1) is 29.3. The van der Waals surface area contributed by atoms with Crippen molar-refractivity contribution in [3.8, 4) is 11.8 Å². The summed E-state index contributed by atoms with van der Waals surface area (Å²) in [6.07, 6.45) is 0.901. The van der Waals surface area contributed by atoms with Gasteiger partial charge in [0.2, 0.25) is 5.91 Å². The van der Waals surface area contributed by atoms with E-state index in [1.54, 1.807) is 5.06 Å². The zero-order chi connectivity index (χ0) is 28.2. The molecule has 3 aromatic rings. The quantitative estimate of drug-likeness (QED) is 0.270. The second-order valence-corrected chi connectivity index (χ2v) is 10.3. The number of aliphatic hydroxyl groups excluding tert-OH is 1. The van der Waals surface area contributed by atoms with Crippen LogP contribution in [0, 0.1) is 11.8 Å². The number of nitrogens with one attached hydrogen (secondary N) is 1. The lowest BCUT2D eigenvalue weighted by Crippen LogP contribution is -2.43. The second-order valence-electron chi connectivity index (χ2n) is 10.3. The summed E-state index contributed by atoms with van der Waals surface area (Å²) in [4.78, 5) is 23.4. The van der Waals surface area contributed by atoms with Gasteiger partial charge in [-0.3, -0.25) is 14.5 Å². The molecule has 0 unspecified atom stereocenters. The number of hydrogen-bond donors (Lipinski definition) is 2. The smallest absolute Gasteiger partial charge is 0.239 e. The Morgan fingerprint density at radius 3 is 2.50 bits per heavy atom. The van der Waals surface area contributed by atoms with Gasteiger partial charge in [0.1, 0.15) is 12.1 Å². The van der Waals surface area contributed by atoms with E-state index < -0.39 is 6.04 Å². The minimum atomic E-state index is -0.453. The molecule has 210 valence electrons. The van der Waals surface area contributed by atoms with Gasteiger partial charge in [0.15, 0.2) is 0 Å². The number of para-hydroxylation sites is 1. The minimum absolute atomic E-state index is 0.0734. The van der Waals surface area contributed by atoms with Gasteiger partial charge in [-0.2, -0.15) is 5.06 Å². The van der Waals surface area contributed by atoms with Crippen molar-refractivity contribution in [2.75, 3.05) is 45.2 Å². The average Bonchev–Trinajstić information content (AvgIpc) is 3.39. The van der Waals surface area contributed by atoms with Crippen molar-refractivity contribution >= 4 is 11.6 Å². The number of hydrogen-bond acceptors (Lipinski definition) is 6. The van der Waals surface area contributed by atoms with Crippen molar-refractivity contribution in [2.24, 2.45) is 0 Å². The van der Waals surface area contributed by atoms with Crippen LogP contribution in [0.1, 0.15) is 29.5 Å². The van der Waals surface area contributed by atoms with E-state index in [-0.39, 0.29) is 18.6 Å². The summed E-state index contributed by atoms with van der Waals surface area (Å²) in [7, 11) is 4.12. The average molecular weight is 541 g/mol. The molecular formula is C33H40N4O3. The fourth-order valence-corrected chi connectivity index (χ4v) is 4.78. The third-order valence-electron chi connectivity index (χ3n) is 6.93. The van der Waals surface area contributed by atoms with Gasteiger partial charge in [-0.25, -0.2) is 0 Å². The number of hydroxylamine groups is 2. The first-order chi connectivity index (χ1) is 19.5. The molecule has 0 bridgehead atoms. The van der Waals surface area contributed by atoms with Crippen LogP contribution in [0.4, 0.5) is 5.69 Å². The summed E-state index contributed by atoms with van der Waals surface area (Å²) in [5.41, 5.74) is 4.34. The number of carbonyl (C=O) groups excluding carboxylic acids is 1. The maximum atomic E-state index is 13.1. The topological polar surface area (TPSA) is 68.3 Å². The van der Waals surface area contributed by atoms with Gasteiger partial charge in [-0.15, -0.1) is 0 Å². The largest absolute Gasteiger partial charge is 0.394 e. The summed E-state index contributed by atoms with van der Waals surface area (Å²) < 4.78 is 0. The van der Waals surface area contributed by atoms with Gasteiger partial charge < -0.3 is 15.3 Å². The van der Waals surface area contributed by atoms with E-state index in [1.807, 2.05) is 60.7 Å². The molecule has 1 heterocycles. The Balaban J connectivity index is 1.28. The predicted molar refractivity (Wildman–Crippen MR) is 159 cm³/mol. The minimum Gasteiger partial charge on any atom is -0.394 e. The highest BCUT2D eigenvalue weighted by Crippen LogP contribution is 2.24. The lowest BCUT2D eigenvalue weighted by atomic mass is 10.1. The highest BCUT2D eigenvalue weighted by atomic mass is 16.7. The van der Waals surface area contributed by atoms with Crippen LogP contribution in [0.3, 0.4) is 0 Å². The Bertz CT molecular complexity index is 1260. The molecule has 0 radical (unpaired) electrons. The van der Waals surface area contributed by atoms with Crippen molar-refractivity contribution in [1.29, 1.82) is 0 Å².